The summed E-state index contributed by atoms with van der Waals surface area (Å²) in [7, 11) is 3.46. The van der Waals surface area contributed by atoms with Crippen molar-refractivity contribution in [2.75, 3.05) is 19.9 Å². The highest BCUT2D eigenvalue weighted by Gasteiger charge is 2.15. The van der Waals surface area contributed by atoms with Crippen molar-refractivity contribution < 1.29 is 9.53 Å². The van der Waals surface area contributed by atoms with E-state index in [0.29, 0.717) is 12.3 Å². The molecule has 0 aliphatic carbocycles. The largest absolute Gasteiger partial charge is 0.497 e. The Balaban J connectivity index is 1.57. The van der Waals surface area contributed by atoms with Crippen molar-refractivity contribution in [2.45, 2.75) is 31.6 Å². The van der Waals surface area contributed by atoms with Gasteiger partial charge in [-0.05, 0) is 30.2 Å². The van der Waals surface area contributed by atoms with Crippen molar-refractivity contribution in [3.8, 4) is 5.75 Å². The molecule has 0 spiro atoms. The maximum Gasteiger partial charge on any atom is 0.233 e. The lowest BCUT2D eigenvalue weighted by Gasteiger charge is -2.17. The molecule has 0 unspecified atom stereocenters. The molecular formula is C22H26N4O2S. The van der Waals surface area contributed by atoms with Crippen molar-refractivity contribution in [3.63, 3.8) is 0 Å². The summed E-state index contributed by atoms with van der Waals surface area (Å²) in [4.78, 5) is 14.3. The fraction of sp³-hybridized carbons (Fsp3) is 0.318. The molecule has 0 bridgehead atoms. The predicted molar refractivity (Wildman–Crippen MR) is 115 cm³/mol. The van der Waals surface area contributed by atoms with Crippen molar-refractivity contribution in [2.24, 2.45) is 0 Å². The first-order valence-corrected chi connectivity index (χ1v) is 10.5. The fourth-order valence-electron chi connectivity index (χ4n) is 2.98. The predicted octanol–water partition coefficient (Wildman–Crippen LogP) is 3.65. The van der Waals surface area contributed by atoms with Gasteiger partial charge in [0.1, 0.15) is 11.6 Å². The Labute approximate surface area is 175 Å². The van der Waals surface area contributed by atoms with Crippen LogP contribution in [0.4, 0.5) is 0 Å². The van der Waals surface area contributed by atoms with Gasteiger partial charge in [-0.25, -0.2) is 0 Å². The van der Waals surface area contributed by atoms with Crippen LogP contribution in [0.25, 0.3) is 0 Å². The van der Waals surface area contributed by atoms with E-state index < -0.39 is 0 Å². The molecule has 1 heterocycles. The average molecular weight is 411 g/mol. The van der Waals surface area contributed by atoms with Gasteiger partial charge in [0.2, 0.25) is 5.91 Å². The van der Waals surface area contributed by atoms with Gasteiger partial charge in [0.05, 0.1) is 12.9 Å². The first kappa shape index (κ1) is 20.9. The van der Waals surface area contributed by atoms with Gasteiger partial charge in [0.15, 0.2) is 5.16 Å². The number of hydrogen-bond donors (Lipinski definition) is 0. The van der Waals surface area contributed by atoms with Gasteiger partial charge >= 0.3 is 0 Å². The molecule has 0 saturated carbocycles. The van der Waals surface area contributed by atoms with Crippen molar-refractivity contribution in [3.05, 3.63) is 71.5 Å². The Hall–Kier alpha value is -2.80. The molecule has 1 aromatic heterocycles. The van der Waals surface area contributed by atoms with Gasteiger partial charge in [-0.3, -0.25) is 4.79 Å². The molecular weight excluding hydrogens is 384 g/mol. The highest BCUT2D eigenvalue weighted by Crippen LogP contribution is 2.20. The minimum atomic E-state index is 0.0566. The second kappa shape index (κ2) is 10.1. The van der Waals surface area contributed by atoms with Gasteiger partial charge in [-0.15, -0.1) is 10.2 Å². The topological polar surface area (TPSA) is 60.2 Å². The summed E-state index contributed by atoms with van der Waals surface area (Å²) in [5.41, 5.74) is 2.26. The summed E-state index contributed by atoms with van der Waals surface area (Å²) in [5, 5.41) is 9.44. The summed E-state index contributed by atoms with van der Waals surface area (Å²) in [5.74, 6) is 2.11. The molecule has 29 heavy (non-hydrogen) atoms. The van der Waals surface area contributed by atoms with E-state index in [0.717, 1.165) is 35.3 Å². The van der Waals surface area contributed by atoms with Crippen LogP contribution in [-0.2, 0) is 24.3 Å². The van der Waals surface area contributed by atoms with Gasteiger partial charge in [-0.2, -0.15) is 0 Å². The summed E-state index contributed by atoms with van der Waals surface area (Å²) in [6.45, 7) is 3.40. The SMILES string of the molecule is CCn1c(Cc2ccccc2)nnc1SCC(=O)N(C)Cc1ccc(OC)cc1. The highest BCUT2D eigenvalue weighted by atomic mass is 32.2. The van der Waals surface area contributed by atoms with E-state index in [1.807, 2.05) is 49.5 Å². The van der Waals surface area contributed by atoms with E-state index >= 15 is 0 Å². The van der Waals surface area contributed by atoms with Crippen molar-refractivity contribution in [1.82, 2.24) is 19.7 Å². The summed E-state index contributed by atoms with van der Waals surface area (Å²) in [6, 6.07) is 18.0. The highest BCUT2D eigenvalue weighted by molar-refractivity contribution is 7.99. The number of hydrogen-bond acceptors (Lipinski definition) is 5. The number of aromatic nitrogens is 3. The molecule has 0 saturated heterocycles. The van der Waals surface area contributed by atoms with E-state index in [-0.39, 0.29) is 5.91 Å². The number of benzene rings is 2. The second-order valence-electron chi connectivity index (χ2n) is 6.69. The molecule has 0 aliphatic heterocycles. The molecule has 152 valence electrons. The summed E-state index contributed by atoms with van der Waals surface area (Å²) in [6.07, 6.45) is 0.730. The number of thioether (sulfide) groups is 1. The van der Waals surface area contributed by atoms with Gasteiger partial charge in [-0.1, -0.05) is 54.2 Å². The standard InChI is InChI=1S/C22H26N4O2S/c1-4-26-20(14-17-8-6-5-7-9-17)23-24-22(26)29-16-21(27)25(2)15-18-10-12-19(28-3)13-11-18/h5-13H,4,14-16H2,1-3H3. The number of carbonyl (C=O) groups is 1. The minimum absolute atomic E-state index is 0.0566. The average Bonchev–Trinajstić information content (AvgIpc) is 3.14. The van der Waals surface area contributed by atoms with Crippen LogP contribution in [0.15, 0.2) is 59.8 Å². The first-order chi connectivity index (χ1) is 14.1. The number of rotatable bonds is 9. The Morgan fingerprint density at radius 1 is 1.07 bits per heavy atom. The van der Waals surface area contributed by atoms with Gasteiger partial charge < -0.3 is 14.2 Å². The molecule has 3 rings (SSSR count). The van der Waals surface area contributed by atoms with E-state index in [4.69, 9.17) is 4.74 Å². The van der Waals surface area contributed by atoms with Gasteiger partial charge in [0, 0.05) is 26.6 Å². The van der Waals surface area contributed by atoms with E-state index in [1.165, 1.54) is 17.3 Å². The summed E-state index contributed by atoms with van der Waals surface area (Å²) < 4.78 is 7.25. The Morgan fingerprint density at radius 2 is 1.79 bits per heavy atom. The molecule has 6 nitrogen and oxygen atoms in total. The lowest BCUT2D eigenvalue weighted by atomic mass is 10.1. The van der Waals surface area contributed by atoms with Crippen LogP contribution in [0.2, 0.25) is 0 Å². The zero-order valence-electron chi connectivity index (χ0n) is 17.0. The maximum atomic E-state index is 12.6. The Morgan fingerprint density at radius 3 is 2.45 bits per heavy atom. The molecule has 0 aliphatic rings. The lowest BCUT2D eigenvalue weighted by molar-refractivity contribution is -0.127. The van der Waals surface area contributed by atoms with Crippen LogP contribution in [0.5, 0.6) is 5.75 Å². The van der Waals surface area contributed by atoms with E-state index in [9.17, 15) is 4.79 Å². The Bertz CT molecular complexity index is 926. The summed E-state index contributed by atoms with van der Waals surface area (Å²) >= 11 is 1.43. The molecule has 0 radical (unpaired) electrons. The van der Waals surface area contributed by atoms with Crippen LogP contribution in [0.1, 0.15) is 23.9 Å². The maximum absolute atomic E-state index is 12.6. The quantitative estimate of drug-likeness (QED) is 0.504. The van der Waals surface area contributed by atoms with Crippen molar-refractivity contribution >= 4 is 17.7 Å². The zero-order valence-corrected chi connectivity index (χ0v) is 17.9. The molecule has 0 fully saturated rings. The molecule has 3 aromatic rings. The molecule has 1 amide bonds. The molecule has 2 aromatic carbocycles. The second-order valence-corrected chi connectivity index (χ2v) is 7.63. The molecule has 0 atom stereocenters. The first-order valence-electron chi connectivity index (χ1n) is 9.56. The number of carbonyl (C=O) groups excluding carboxylic acids is 1. The fourth-order valence-corrected chi connectivity index (χ4v) is 3.94. The third kappa shape index (κ3) is 5.60. The van der Waals surface area contributed by atoms with Crippen LogP contribution >= 0.6 is 11.8 Å². The van der Waals surface area contributed by atoms with Crippen LogP contribution in [0, 0.1) is 0 Å². The Kier molecular flexibility index (Phi) is 7.30. The van der Waals surface area contributed by atoms with Gasteiger partial charge in [0.25, 0.3) is 0 Å². The van der Waals surface area contributed by atoms with Crippen LogP contribution in [-0.4, -0.2) is 45.5 Å². The lowest BCUT2D eigenvalue weighted by Crippen LogP contribution is -2.27. The van der Waals surface area contributed by atoms with Crippen LogP contribution in [0.3, 0.4) is 0 Å². The number of ether oxygens (including phenoxy) is 1. The monoisotopic (exact) mass is 410 g/mol. The number of nitrogens with zero attached hydrogens (tertiary/aromatic N) is 4. The zero-order chi connectivity index (χ0) is 20.6. The normalized spacial score (nSPS) is 10.7. The van der Waals surface area contributed by atoms with E-state index in [1.54, 1.807) is 12.0 Å². The third-order valence-electron chi connectivity index (χ3n) is 4.64. The number of methoxy groups -OCH3 is 1. The van der Waals surface area contributed by atoms with Crippen molar-refractivity contribution in [1.29, 1.82) is 0 Å². The third-order valence-corrected chi connectivity index (χ3v) is 5.60. The van der Waals surface area contributed by atoms with E-state index in [2.05, 4.69) is 33.8 Å². The number of amides is 1. The molecule has 7 heteroatoms. The smallest absolute Gasteiger partial charge is 0.233 e. The van der Waals surface area contributed by atoms with Crippen LogP contribution < -0.4 is 4.74 Å². The molecule has 0 N–H and O–H groups in total. The minimum Gasteiger partial charge on any atom is -0.497 e.